The molecule has 1 saturated heterocycles. The molecule has 0 unspecified atom stereocenters. The molecule has 1 aliphatic rings. The van der Waals surface area contributed by atoms with E-state index in [4.69, 9.17) is 0 Å². The molecule has 0 spiro atoms. The fraction of sp³-hybridized carbons (Fsp3) is 0.765. The van der Waals surface area contributed by atoms with Crippen LogP contribution in [0.15, 0.2) is 12.4 Å². The van der Waals surface area contributed by atoms with Crippen molar-refractivity contribution in [3.8, 4) is 0 Å². The zero-order valence-electron chi connectivity index (χ0n) is 13.8. The number of rotatable bonds is 7. The number of hydrogen-bond acceptors (Lipinski definition) is 4. The van der Waals surface area contributed by atoms with Gasteiger partial charge in [0, 0.05) is 24.8 Å². The molecule has 4 nitrogen and oxygen atoms in total. The van der Waals surface area contributed by atoms with Crippen molar-refractivity contribution in [3.05, 3.63) is 18.1 Å². The van der Waals surface area contributed by atoms with Crippen molar-refractivity contribution < 1.29 is 0 Å². The SMILES string of the molecule is CCCc1cc(N2CCC(CNCC(C)C)CC2)ncn1. The summed E-state index contributed by atoms with van der Waals surface area (Å²) in [6.45, 7) is 11.3. The summed E-state index contributed by atoms with van der Waals surface area (Å²) in [5.41, 5.74) is 1.17. The molecule has 0 aromatic carbocycles. The first kappa shape index (κ1) is 16.2. The third-order valence-electron chi connectivity index (χ3n) is 4.14. The summed E-state index contributed by atoms with van der Waals surface area (Å²) >= 11 is 0. The summed E-state index contributed by atoms with van der Waals surface area (Å²) < 4.78 is 0. The Kier molecular flexibility index (Phi) is 6.43. The third kappa shape index (κ3) is 5.27. The highest BCUT2D eigenvalue weighted by Gasteiger charge is 2.20. The maximum absolute atomic E-state index is 4.45. The van der Waals surface area contributed by atoms with Crippen LogP contribution in [0, 0.1) is 11.8 Å². The highest BCUT2D eigenvalue weighted by Crippen LogP contribution is 2.21. The van der Waals surface area contributed by atoms with E-state index in [1.54, 1.807) is 6.33 Å². The largest absolute Gasteiger partial charge is 0.356 e. The van der Waals surface area contributed by atoms with Gasteiger partial charge in [0.25, 0.3) is 0 Å². The molecule has 1 aromatic heterocycles. The predicted molar refractivity (Wildman–Crippen MR) is 88.7 cm³/mol. The Morgan fingerprint density at radius 3 is 2.71 bits per heavy atom. The van der Waals surface area contributed by atoms with Gasteiger partial charge in [-0.1, -0.05) is 27.2 Å². The molecule has 0 aliphatic carbocycles. The third-order valence-corrected chi connectivity index (χ3v) is 4.14. The van der Waals surface area contributed by atoms with Crippen LogP contribution in [-0.4, -0.2) is 36.1 Å². The first-order valence-electron chi connectivity index (χ1n) is 8.45. The maximum atomic E-state index is 4.45. The van der Waals surface area contributed by atoms with Gasteiger partial charge in [-0.2, -0.15) is 0 Å². The lowest BCUT2D eigenvalue weighted by Crippen LogP contribution is -2.38. The van der Waals surface area contributed by atoms with Gasteiger partial charge in [0.1, 0.15) is 12.1 Å². The van der Waals surface area contributed by atoms with E-state index >= 15 is 0 Å². The number of piperidine rings is 1. The lowest BCUT2D eigenvalue weighted by molar-refractivity contribution is 0.373. The van der Waals surface area contributed by atoms with Gasteiger partial charge in [0.2, 0.25) is 0 Å². The lowest BCUT2D eigenvalue weighted by Gasteiger charge is -2.33. The van der Waals surface area contributed by atoms with Crippen LogP contribution in [0.25, 0.3) is 0 Å². The van der Waals surface area contributed by atoms with Crippen LogP contribution in [-0.2, 0) is 6.42 Å². The Balaban J connectivity index is 1.79. The van der Waals surface area contributed by atoms with Crippen LogP contribution in [0.2, 0.25) is 0 Å². The van der Waals surface area contributed by atoms with Crippen LogP contribution in [0.4, 0.5) is 5.82 Å². The zero-order valence-corrected chi connectivity index (χ0v) is 13.8. The Hall–Kier alpha value is -1.16. The van der Waals surface area contributed by atoms with Crippen LogP contribution in [0.5, 0.6) is 0 Å². The minimum absolute atomic E-state index is 0.739. The van der Waals surface area contributed by atoms with E-state index in [2.05, 4.69) is 47.0 Å². The average molecular weight is 290 g/mol. The summed E-state index contributed by atoms with van der Waals surface area (Å²) in [6, 6.07) is 2.17. The van der Waals surface area contributed by atoms with E-state index in [1.165, 1.54) is 18.5 Å². The Morgan fingerprint density at radius 2 is 2.05 bits per heavy atom. The number of hydrogen-bond donors (Lipinski definition) is 1. The molecule has 2 rings (SSSR count). The molecule has 2 heterocycles. The lowest BCUT2D eigenvalue weighted by atomic mass is 9.96. The molecular formula is C17H30N4. The topological polar surface area (TPSA) is 41.0 Å². The van der Waals surface area contributed by atoms with Crippen molar-refractivity contribution in [2.75, 3.05) is 31.1 Å². The molecule has 1 fully saturated rings. The van der Waals surface area contributed by atoms with Gasteiger partial charge < -0.3 is 10.2 Å². The average Bonchev–Trinajstić information content (AvgIpc) is 2.48. The molecule has 21 heavy (non-hydrogen) atoms. The number of nitrogens with zero attached hydrogens (tertiary/aromatic N) is 3. The van der Waals surface area contributed by atoms with Gasteiger partial charge >= 0.3 is 0 Å². The second kappa shape index (κ2) is 8.32. The van der Waals surface area contributed by atoms with E-state index in [0.717, 1.165) is 56.7 Å². The maximum Gasteiger partial charge on any atom is 0.132 e. The number of nitrogens with one attached hydrogen (secondary N) is 1. The predicted octanol–water partition coefficient (Wildman–Crippen LogP) is 2.89. The van der Waals surface area contributed by atoms with Gasteiger partial charge in [-0.05, 0) is 44.2 Å². The number of aromatic nitrogens is 2. The summed E-state index contributed by atoms with van der Waals surface area (Å²) in [7, 11) is 0. The monoisotopic (exact) mass is 290 g/mol. The van der Waals surface area contributed by atoms with Crippen molar-refractivity contribution in [3.63, 3.8) is 0 Å². The van der Waals surface area contributed by atoms with Crippen molar-refractivity contribution >= 4 is 5.82 Å². The summed E-state index contributed by atoms with van der Waals surface area (Å²) in [4.78, 5) is 11.2. The molecule has 1 aliphatic heterocycles. The summed E-state index contributed by atoms with van der Waals surface area (Å²) in [5.74, 6) is 2.67. The Bertz CT molecular complexity index is 411. The molecule has 0 amide bonds. The zero-order chi connectivity index (χ0) is 15.1. The van der Waals surface area contributed by atoms with Crippen molar-refractivity contribution in [2.24, 2.45) is 11.8 Å². The van der Waals surface area contributed by atoms with E-state index < -0.39 is 0 Å². The second-order valence-corrected chi connectivity index (χ2v) is 6.60. The highest BCUT2D eigenvalue weighted by atomic mass is 15.2. The quantitative estimate of drug-likeness (QED) is 0.838. The second-order valence-electron chi connectivity index (χ2n) is 6.60. The van der Waals surface area contributed by atoms with Crippen molar-refractivity contribution in [1.29, 1.82) is 0 Å². The molecule has 118 valence electrons. The summed E-state index contributed by atoms with van der Waals surface area (Å²) in [5, 5.41) is 3.59. The van der Waals surface area contributed by atoms with E-state index in [0.29, 0.717) is 0 Å². The van der Waals surface area contributed by atoms with Crippen molar-refractivity contribution in [2.45, 2.75) is 46.5 Å². The van der Waals surface area contributed by atoms with Gasteiger partial charge in [0.15, 0.2) is 0 Å². The molecule has 0 saturated carbocycles. The van der Waals surface area contributed by atoms with E-state index in [9.17, 15) is 0 Å². The minimum atomic E-state index is 0.739. The number of anilines is 1. The minimum Gasteiger partial charge on any atom is -0.356 e. The molecule has 1 N–H and O–H groups in total. The van der Waals surface area contributed by atoms with Crippen LogP contribution in [0.1, 0.15) is 45.7 Å². The molecule has 4 heteroatoms. The first-order chi connectivity index (χ1) is 10.2. The standard InChI is InChI=1S/C17H30N4/c1-4-5-16-10-17(20-13-19-16)21-8-6-15(7-9-21)12-18-11-14(2)3/h10,13-15,18H,4-9,11-12H2,1-3H3. The fourth-order valence-corrected chi connectivity index (χ4v) is 2.89. The molecular weight excluding hydrogens is 260 g/mol. The Morgan fingerprint density at radius 1 is 1.29 bits per heavy atom. The van der Waals surface area contributed by atoms with E-state index in [-0.39, 0.29) is 0 Å². The molecule has 1 aromatic rings. The van der Waals surface area contributed by atoms with Gasteiger partial charge in [0.05, 0.1) is 0 Å². The molecule has 0 bridgehead atoms. The van der Waals surface area contributed by atoms with Crippen LogP contribution < -0.4 is 10.2 Å². The highest BCUT2D eigenvalue weighted by molar-refractivity contribution is 5.39. The van der Waals surface area contributed by atoms with Gasteiger partial charge in [-0.3, -0.25) is 0 Å². The van der Waals surface area contributed by atoms with Gasteiger partial charge in [-0.15, -0.1) is 0 Å². The normalized spacial score (nSPS) is 16.7. The summed E-state index contributed by atoms with van der Waals surface area (Å²) in [6.07, 6.45) is 6.43. The smallest absolute Gasteiger partial charge is 0.132 e. The van der Waals surface area contributed by atoms with Gasteiger partial charge in [-0.25, -0.2) is 9.97 Å². The first-order valence-corrected chi connectivity index (χ1v) is 8.45. The Labute approximate surface area is 129 Å². The van der Waals surface area contributed by atoms with E-state index in [1.807, 2.05) is 0 Å². The van der Waals surface area contributed by atoms with Crippen LogP contribution >= 0.6 is 0 Å². The number of aryl methyl sites for hydroxylation is 1. The molecule has 0 radical (unpaired) electrons. The molecule has 0 atom stereocenters. The fourth-order valence-electron chi connectivity index (χ4n) is 2.89. The van der Waals surface area contributed by atoms with Crippen LogP contribution in [0.3, 0.4) is 0 Å². The van der Waals surface area contributed by atoms with Crippen molar-refractivity contribution in [1.82, 2.24) is 15.3 Å².